The molecule has 8 heteroatoms. The molecule has 0 saturated heterocycles. The molecule has 0 atom stereocenters. The van der Waals surface area contributed by atoms with Crippen LogP contribution in [0.2, 0.25) is 0 Å². The van der Waals surface area contributed by atoms with E-state index < -0.39 is 5.69 Å². The maximum Gasteiger partial charge on any atom is 0.352 e. The zero-order valence-electron chi connectivity index (χ0n) is 15.4. The van der Waals surface area contributed by atoms with Gasteiger partial charge in [0.2, 0.25) is 5.95 Å². The molecule has 0 aliphatic carbocycles. The Morgan fingerprint density at radius 2 is 1.74 bits per heavy atom. The second kappa shape index (κ2) is 7.88. The van der Waals surface area contributed by atoms with Crippen molar-refractivity contribution in [3.05, 3.63) is 64.6 Å². The van der Waals surface area contributed by atoms with Gasteiger partial charge in [-0.1, -0.05) is 30.3 Å². The van der Waals surface area contributed by atoms with Gasteiger partial charge in [-0.2, -0.15) is 9.97 Å². The molecule has 0 saturated carbocycles. The van der Waals surface area contributed by atoms with Gasteiger partial charge in [0.05, 0.1) is 20.8 Å². The molecule has 140 valence electrons. The Labute approximate surface area is 156 Å². The third kappa shape index (κ3) is 3.90. The van der Waals surface area contributed by atoms with E-state index in [9.17, 15) is 4.79 Å². The van der Waals surface area contributed by atoms with E-state index in [0.717, 1.165) is 5.56 Å². The van der Waals surface area contributed by atoms with Gasteiger partial charge in [0.25, 0.3) is 0 Å². The molecule has 0 spiro atoms. The molecule has 2 aromatic carbocycles. The van der Waals surface area contributed by atoms with Crippen LogP contribution >= 0.6 is 0 Å². The number of ether oxygens (including phenoxy) is 2. The standard InChI is InChI=1S/C19H21N5O3/c1-23-17(14-9-10-15(26-2)16(11-14)27-3)21-18(22-19(23)25)24(20)12-13-7-5-4-6-8-13/h4-11H,12,20H2,1-3H3. The van der Waals surface area contributed by atoms with E-state index in [1.165, 1.54) is 9.58 Å². The molecule has 3 aromatic rings. The molecule has 3 rings (SSSR count). The lowest BCUT2D eigenvalue weighted by Gasteiger charge is -2.18. The Morgan fingerprint density at radius 1 is 1.04 bits per heavy atom. The van der Waals surface area contributed by atoms with E-state index in [1.807, 2.05) is 30.3 Å². The SMILES string of the molecule is COc1ccc(-c2nc(N(N)Cc3ccccc3)nc(=O)n2C)cc1OC. The maximum atomic E-state index is 12.3. The largest absolute Gasteiger partial charge is 0.493 e. The highest BCUT2D eigenvalue weighted by molar-refractivity contribution is 5.62. The van der Waals surface area contributed by atoms with Crippen LogP contribution in [-0.4, -0.2) is 28.8 Å². The van der Waals surface area contributed by atoms with Gasteiger partial charge < -0.3 is 9.47 Å². The van der Waals surface area contributed by atoms with Crippen LogP contribution in [0.1, 0.15) is 5.56 Å². The summed E-state index contributed by atoms with van der Waals surface area (Å²) in [4.78, 5) is 20.8. The Kier molecular flexibility index (Phi) is 5.37. The molecule has 0 aliphatic rings. The van der Waals surface area contributed by atoms with Crippen LogP contribution in [-0.2, 0) is 13.6 Å². The van der Waals surface area contributed by atoms with Crippen molar-refractivity contribution in [2.24, 2.45) is 12.9 Å². The number of aromatic nitrogens is 3. The monoisotopic (exact) mass is 367 g/mol. The molecule has 1 aromatic heterocycles. The van der Waals surface area contributed by atoms with Crippen molar-refractivity contribution in [3.8, 4) is 22.9 Å². The smallest absolute Gasteiger partial charge is 0.352 e. The lowest BCUT2D eigenvalue weighted by Crippen LogP contribution is -2.35. The lowest BCUT2D eigenvalue weighted by molar-refractivity contribution is 0.355. The van der Waals surface area contributed by atoms with Crippen molar-refractivity contribution < 1.29 is 9.47 Å². The van der Waals surface area contributed by atoms with Gasteiger partial charge >= 0.3 is 5.69 Å². The summed E-state index contributed by atoms with van der Waals surface area (Å²) in [6.07, 6.45) is 0. The van der Waals surface area contributed by atoms with E-state index in [2.05, 4.69) is 9.97 Å². The van der Waals surface area contributed by atoms with Gasteiger partial charge in [0.15, 0.2) is 11.5 Å². The molecular formula is C19H21N5O3. The first-order valence-corrected chi connectivity index (χ1v) is 8.27. The second-order valence-electron chi connectivity index (χ2n) is 5.87. The van der Waals surface area contributed by atoms with Crippen molar-refractivity contribution in [2.45, 2.75) is 6.54 Å². The minimum Gasteiger partial charge on any atom is -0.493 e. The van der Waals surface area contributed by atoms with Crippen LogP contribution in [0.15, 0.2) is 53.3 Å². The highest BCUT2D eigenvalue weighted by Crippen LogP contribution is 2.31. The number of anilines is 1. The summed E-state index contributed by atoms with van der Waals surface area (Å²) in [5, 5.41) is 1.35. The number of nitrogens with two attached hydrogens (primary N) is 1. The molecule has 0 bridgehead atoms. The van der Waals surface area contributed by atoms with Gasteiger partial charge in [0, 0.05) is 12.6 Å². The van der Waals surface area contributed by atoms with Crippen LogP contribution in [0.4, 0.5) is 5.95 Å². The van der Waals surface area contributed by atoms with Crippen molar-refractivity contribution in [1.29, 1.82) is 0 Å². The predicted molar refractivity (Wildman–Crippen MR) is 103 cm³/mol. The first-order valence-electron chi connectivity index (χ1n) is 8.27. The van der Waals surface area contributed by atoms with Gasteiger partial charge in [-0.15, -0.1) is 0 Å². The fourth-order valence-corrected chi connectivity index (χ4v) is 2.66. The first kappa shape index (κ1) is 18.4. The minimum atomic E-state index is -0.451. The molecule has 0 fully saturated rings. The summed E-state index contributed by atoms with van der Waals surface area (Å²) < 4.78 is 12.0. The average molecular weight is 367 g/mol. The molecular weight excluding hydrogens is 346 g/mol. The van der Waals surface area contributed by atoms with E-state index in [1.54, 1.807) is 39.5 Å². The molecule has 2 N–H and O–H groups in total. The quantitative estimate of drug-likeness (QED) is 0.524. The van der Waals surface area contributed by atoms with Gasteiger partial charge in [-0.3, -0.25) is 9.58 Å². The third-order valence-electron chi connectivity index (χ3n) is 4.10. The van der Waals surface area contributed by atoms with E-state index in [-0.39, 0.29) is 5.95 Å². The molecule has 0 unspecified atom stereocenters. The Hall–Kier alpha value is -3.39. The number of benzene rings is 2. The number of nitrogens with zero attached hydrogens (tertiary/aromatic N) is 4. The third-order valence-corrected chi connectivity index (χ3v) is 4.10. The summed E-state index contributed by atoms with van der Waals surface area (Å²) >= 11 is 0. The van der Waals surface area contributed by atoms with Crippen LogP contribution in [0.3, 0.4) is 0 Å². The summed E-state index contributed by atoms with van der Waals surface area (Å²) in [6, 6.07) is 14.9. The number of rotatable bonds is 6. The van der Waals surface area contributed by atoms with E-state index in [4.69, 9.17) is 15.3 Å². The fraction of sp³-hybridized carbons (Fsp3) is 0.211. The van der Waals surface area contributed by atoms with Gasteiger partial charge in [-0.05, 0) is 23.8 Å². The topological polar surface area (TPSA) is 95.5 Å². The molecule has 0 aliphatic heterocycles. The van der Waals surface area contributed by atoms with Gasteiger partial charge in [0.1, 0.15) is 5.82 Å². The van der Waals surface area contributed by atoms with Crippen LogP contribution < -0.4 is 26.0 Å². The second-order valence-corrected chi connectivity index (χ2v) is 5.87. The number of hydrogen-bond acceptors (Lipinski definition) is 7. The van der Waals surface area contributed by atoms with Crippen molar-refractivity contribution >= 4 is 5.95 Å². The lowest BCUT2D eigenvalue weighted by atomic mass is 10.2. The van der Waals surface area contributed by atoms with Crippen LogP contribution in [0.5, 0.6) is 11.5 Å². The van der Waals surface area contributed by atoms with Crippen molar-refractivity contribution in [3.63, 3.8) is 0 Å². The Morgan fingerprint density at radius 3 is 2.41 bits per heavy atom. The zero-order chi connectivity index (χ0) is 19.4. The Balaban J connectivity index is 2.01. The summed E-state index contributed by atoms with van der Waals surface area (Å²) in [7, 11) is 4.72. The molecule has 0 radical (unpaired) electrons. The summed E-state index contributed by atoms with van der Waals surface area (Å²) in [6.45, 7) is 0.374. The highest BCUT2D eigenvalue weighted by atomic mass is 16.5. The normalized spacial score (nSPS) is 10.5. The van der Waals surface area contributed by atoms with Gasteiger partial charge in [-0.25, -0.2) is 10.6 Å². The number of methoxy groups -OCH3 is 2. The molecule has 27 heavy (non-hydrogen) atoms. The molecule has 8 nitrogen and oxygen atoms in total. The summed E-state index contributed by atoms with van der Waals surface area (Å²) in [5.74, 6) is 7.81. The maximum absolute atomic E-state index is 12.3. The fourth-order valence-electron chi connectivity index (χ4n) is 2.66. The number of hydrazine groups is 1. The Bertz CT molecular complexity index is 988. The average Bonchev–Trinajstić information content (AvgIpc) is 2.70. The molecule has 0 amide bonds. The van der Waals surface area contributed by atoms with E-state index in [0.29, 0.717) is 29.4 Å². The molecule has 1 heterocycles. The number of hydrogen-bond donors (Lipinski definition) is 1. The highest BCUT2D eigenvalue weighted by Gasteiger charge is 2.15. The van der Waals surface area contributed by atoms with Crippen molar-refractivity contribution in [2.75, 3.05) is 19.2 Å². The summed E-state index contributed by atoms with van der Waals surface area (Å²) in [5.41, 5.74) is 1.22. The van der Waals surface area contributed by atoms with Crippen LogP contribution in [0.25, 0.3) is 11.4 Å². The van der Waals surface area contributed by atoms with E-state index >= 15 is 0 Å². The first-order chi connectivity index (χ1) is 13.0. The minimum absolute atomic E-state index is 0.145. The van der Waals surface area contributed by atoms with Crippen molar-refractivity contribution in [1.82, 2.24) is 14.5 Å². The van der Waals surface area contributed by atoms with Crippen LogP contribution in [0, 0.1) is 0 Å². The zero-order valence-corrected chi connectivity index (χ0v) is 15.4. The predicted octanol–water partition coefficient (Wildman–Crippen LogP) is 1.74.